The highest BCUT2D eigenvalue weighted by atomic mass is 35.5. The molecule has 4 rings (SSSR count). The number of benzene rings is 2. The molecule has 0 saturated carbocycles. The zero-order valence-corrected chi connectivity index (χ0v) is 18.6. The van der Waals surface area contributed by atoms with Crippen molar-refractivity contribution < 1.29 is 9.53 Å². The molecule has 0 N–H and O–H groups in total. The molecular formula is C22H23ClN6O2. The molecule has 0 aliphatic carbocycles. The maximum atomic E-state index is 11.3. The molecule has 160 valence electrons. The molecule has 8 nitrogen and oxygen atoms in total. The van der Waals surface area contributed by atoms with Gasteiger partial charge in [0.15, 0.2) is 6.29 Å². The van der Waals surface area contributed by atoms with Crippen LogP contribution < -0.4 is 9.75 Å². The van der Waals surface area contributed by atoms with Gasteiger partial charge in [0.25, 0.3) is 0 Å². The number of halogens is 1. The van der Waals surface area contributed by atoms with E-state index in [-0.39, 0.29) is 0 Å². The summed E-state index contributed by atoms with van der Waals surface area (Å²) in [4.78, 5) is 11.3. The molecule has 0 spiro atoms. The van der Waals surface area contributed by atoms with E-state index in [1.165, 1.54) is 0 Å². The summed E-state index contributed by atoms with van der Waals surface area (Å²) in [5.74, 6) is 0.743. The third kappa shape index (κ3) is 3.98. The quantitative estimate of drug-likeness (QED) is 0.515. The molecule has 0 fully saturated rings. The molecule has 0 radical (unpaired) electrons. The molecule has 0 unspecified atom stereocenters. The average molecular weight is 439 g/mol. The van der Waals surface area contributed by atoms with Gasteiger partial charge in [0.1, 0.15) is 19.0 Å². The summed E-state index contributed by atoms with van der Waals surface area (Å²) in [5, 5.41) is 16.8. The molecule has 0 amide bonds. The SMILES string of the molecule is Cc1cc(-n2nc(C)c(C=O)c2C)ccc1OCc1c(Cl)cccc1N1CN(C)N=N1. The van der Waals surface area contributed by atoms with Crippen LogP contribution in [-0.4, -0.2) is 34.8 Å². The van der Waals surface area contributed by atoms with Gasteiger partial charge >= 0.3 is 0 Å². The van der Waals surface area contributed by atoms with Crippen LogP contribution in [0.1, 0.15) is 32.9 Å². The van der Waals surface area contributed by atoms with Crippen molar-refractivity contribution in [3.8, 4) is 11.4 Å². The van der Waals surface area contributed by atoms with Gasteiger partial charge in [-0.3, -0.25) is 9.80 Å². The Labute approximate surface area is 185 Å². The van der Waals surface area contributed by atoms with Crippen LogP contribution in [0.4, 0.5) is 5.69 Å². The Morgan fingerprint density at radius 1 is 1.16 bits per heavy atom. The lowest BCUT2D eigenvalue weighted by Crippen LogP contribution is -2.22. The minimum absolute atomic E-state index is 0.292. The van der Waals surface area contributed by atoms with Crippen molar-refractivity contribution in [3.05, 3.63) is 69.5 Å². The highest BCUT2D eigenvalue weighted by molar-refractivity contribution is 6.31. The van der Waals surface area contributed by atoms with Gasteiger partial charge in [0, 0.05) is 17.6 Å². The number of ether oxygens (including phenoxy) is 1. The third-order valence-electron chi connectivity index (χ3n) is 5.25. The monoisotopic (exact) mass is 438 g/mol. The summed E-state index contributed by atoms with van der Waals surface area (Å²) in [6, 6.07) is 11.5. The van der Waals surface area contributed by atoms with Crippen LogP contribution in [0, 0.1) is 20.8 Å². The van der Waals surface area contributed by atoms with Crippen molar-refractivity contribution >= 4 is 23.6 Å². The zero-order chi connectivity index (χ0) is 22.1. The van der Waals surface area contributed by atoms with Gasteiger partial charge in [0.05, 0.1) is 28.3 Å². The van der Waals surface area contributed by atoms with Gasteiger partial charge in [-0.25, -0.2) is 9.69 Å². The summed E-state index contributed by atoms with van der Waals surface area (Å²) in [6.45, 7) is 6.53. The van der Waals surface area contributed by atoms with Crippen molar-refractivity contribution in [2.75, 3.05) is 18.7 Å². The first-order valence-corrected chi connectivity index (χ1v) is 10.2. The number of aromatic nitrogens is 2. The van der Waals surface area contributed by atoms with Gasteiger partial charge in [0.2, 0.25) is 0 Å². The highest BCUT2D eigenvalue weighted by Gasteiger charge is 2.20. The third-order valence-corrected chi connectivity index (χ3v) is 5.61. The molecule has 1 aliphatic rings. The fourth-order valence-corrected chi connectivity index (χ4v) is 3.80. The molecule has 0 bridgehead atoms. The molecule has 2 heterocycles. The maximum absolute atomic E-state index is 11.3. The zero-order valence-electron chi connectivity index (χ0n) is 17.8. The molecular weight excluding hydrogens is 416 g/mol. The van der Waals surface area contributed by atoms with E-state index >= 15 is 0 Å². The fraction of sp³-hybridized carbons (Fsp3) is 0.273. The Bertz CT molecular complexity index is 1170. The van der Waals surface area contributed by atoms with Crippen LogP contribution in [0.5, 0.6) is 5.75 Å². The van der Waals surface area contributed by atoms with E-state index in [1.54, 1.807) is 14.7 Å². The summed E-state index contributed by atoms with van der Waals surface area (Å²) in [6.07, 6.45) is 0.845. The number of aryl methyl sites for hydroxylation is 2. The Morgan fingerprint density at radius 3 is 2.61 bits per heavy atom. The first-order valence-electron chi connectivity index (χ1n) is 9.82. The molecule has 2 aromatic carbocycles. The van der Waals surface area contributed by atoms with Gasteiger partial charge in [-0.1, -0.05) is 22.9 Å². The molecule has 9 heteroatoms. The van der Waals surface area contributed by atoms with Crippen molar-refractivity contribution in [2.45, 2.75) is 27.4 Å². The normalized spacial score (nSPS) is 13.2. The molecule has 0 atom stereocenters. The average Bonchev–Trinajstić information content (AvgIpc) is 3.30. The first-order chi connectivity index (χ1) is 14.9. The Hall–Kier alpha value is -3.39. The number of aldehydes is 1. The molecule has 1 aliphatic heterocycles. The van der Waals surface area contributed by atoms with Crippen molar-refractivity contribution in [1.29, 1.82) is 0 Å². The topological polar surface area (TPSA) is 75.3 Å². The van der Waals surface area contributed by atoms with Crippen LogP contribution in [0.15, 0.2) is 46.8 Å². The lowest BCUT2D eigenvalue weighted by molar-refractivity contribution is 0.112. The molecule has 1 aromatic heterocycles. The van der Waals surface area contributed by atoms with E-state index in [4.69, 9.17) is 16.3 Å². The second kappa shape index (κ2) is 8.39. The molecule has 3 aromatic rings. The Morgan fingerprint density at radius 2 is 1.97 bits per heavy atom. The number of hydrogen-bond acceptors (Lipinski definition) is 7. The number of carbonyl (C=O) groups excluding carboxylic acids is 1. The summed E-state index contributed by atoms with van der Waals surface area (Å²) in [5.41, 5.74) is 5.67. The van der Waals surface area contributed by atoms with Gasteiger partial charge in [-0.2, -0.15) is 5.10 Å². The maximum Gasteiger partial charge on any atom is 0.153 e. The van der Waals surface area contributed by atoms with Crippen LogP contribution in [-0.2, 0) is 6.61 Å². The van der Waals surface area contributed by atoms with Gasteiger partial charge in [-0.05, 0) is 61.9 Å². The number of hydrogen-bond donors (Lipinski definition) is 0. The van der Waals surface area contributed by atoms with E-state index in [9.17, 15) is 4.79 Å². The molecule has 0 saturated heterocycles. The van der Waals surface area contributed by atoms with E-state index in [0.29, 0.717) is 29.6 Å². The van der Waals surface area contributed by atoms with E-state index in [0.717, 1.165) is 40.2 Å². The van der Waals surface area contributed by atoms with E-state index in [2.05, 4.69) is 15.5 Å². The van der Waals surface area contributed by atoms with Crippen molar-refractivity contribution in [3.63, 3.8) is 0 Å². The molecule has 31 heavy (non-hydrogen) atoms. The summed E-state index contributed by atoms with van der Waals surface area (Å²) < 4.78 is 7.89. The van der Waals surface area contributed by atoms with E-state index < -0.39 is 0 Å². The predicted molar refractivity (Wildman–Crippen MR) is 119 cm³/mol. The smallest absolute Gasteiger partial charge is 0.153 e. The fourth-order valence-electron chi connectivity index (χ4n) is 3.58. The largest absolute Gasteiger partial charge is 0.488 e. The number of anilines is 1. The second-order valence-electron chi connectivity index (χ2n) is 7.47. The Balaban J connectivity index is 1.57. The van der Waals surface area contributed by atoms with Gasteiger partial charge < -0.3 is 4.74 Å². The first kappa shape index (κ1) is 20.9. The van der Waals surface area contributed by atoms with Crippen molar-refractivity contribution in [2.24, 2.45) is 10.4 Å². The number of nitrogens with zero attached hydrogens (tertiary/aromatic N) is 6. The van der Waals surface area contributed by atoms with Crippen molar-refractivity contribution in [1.82, 2.24) is 14.8 Å². The Kier molecular flexibility index (Phi) is 5.65. The lowest BCUT2D eigenvalue weighted by atomic mass is 10.1. The minimum atomic E-state index is 0.292. The lowest BCUT2D eigenvalue weighted by Gasteiger charge is -2.19. The van der Waals surface area contributed by atoms with Crippen LogP contribution in [0.2, 0.25) is 5.02 Å². The van der Waals surface area contributed by atoms with Crippen LogP contribution in [0.3, 0.4) is 0 Å². The summed E-state index contributed by atoms with van der Waals surface area (Å²) in [7, 11) is 1.86. The number of carbonyl (C=O) groups is 1. The summed E-state index contributed by atoms with van der Waals surface area (Å²) >= 11 is 6.47. The number of rotatable bonds is 6. The van der Waals surface area contributed by atoms with Gasteiger partial charge in [-0.15, -0.1) is 0 Å². The highest BCUT2D eigenvalue weighted by Crippen LogP contribution is 2.32. The second-order valence-corrected chi connectivity index (χ2v) is 7.87. The van der Waals surface area contributed by atoms with Crippen LogP contribution in [0.25, 0.3) is 5.69 Å². The van der Waals surface area contributed by atoms with Crippen LogP contribution >= 0.6 is 11.6 Å². The minimum Gasteiger partial charge on any atom is -0.488 e. The van der Waals surface area contributed by atoms with E-state index in [1.807, 2.05) is 64.2 Å². The standard InChI is InChI=1S/C22H23ClN6O2/c1-14-10-17(29-16(3)18(11-30)15(2)24-29)8-9-22(14)31-12-19-20(23)6-5-7-21(19)28-13-27(4)25-26-28/h5-11H,12-13H2,1-4H3. The predicted octanol–water partition coefficient (Wildman–Crippen LogP) is 4.83.